The third-order valence-electron chi connectivity index (χ3n) is 2.73. The van der Waals surface area contributed by atoms with Gasteiger partial charge in [0.05, 0.1) is 17.8 Å². The van der Waals surface area contributed by atoms with E-state index in [4.69, 9.17) is 11.6 Å². The molecule has 0 aliphatic heterocycles. The molecule has 0 spiro atoms. The molecule has 0 aromatic carbocycles. The van der Waals surface area contributed by atoms with Crippen LogP contribution in [0.15, 0.2) is 12.4 Å². The van der Waals surface area contributed by atoms with Crippen molar-refractivity contribution >= 4 is 11.6 Å². The molecule has 1 aliphatic carbocycles. The third kappa shape index (κ3) is 2.72. The molecule has 0 saturated heterocycles. The minimum absolute atomic E-state index is 0.714. The first kappa shape index (κ1) is 9.99. The Labute approximate surface area is 89.4 Å². The Morgan fingerprint density at radius 3 is 2.93 bits per heavy atom. The summed E-state index contributed by atoms with van der Waals surface area (Å²) in [5.41, 5.74) is 0. The lowest BCUT2D eigenvalue weighted by molar-refractivity contribution is 0.480. The first-order chi connectivity index (χ1) is 6.84. The predicted octanol–water partition coefficient (Wildman–Crippen LogP) is 2.07. The van der Waals surface area contributed by atoms with Crippen LogP contribution in [0.4, 0.5) is 0 Å². The van der Waals surface area contributed by atoms with Crippen LogP contribution in [0.2, 0.25) is 5.02 Å². The summed E-state index contributed by atoms with van der Waals surface area (Å²) in [5.74, 6) is 0. The van der Waals surface area contributed by atoms with Crippen molar-refractivity contribution in [3.63, 3.8) is 0 Å². The summed E-state index contributed by atoms with van der Waals surface area (Å²) in [5, 5.41) is 8.37. The van der Waals surface area contributed by atoms with Crippen LogP contribution in [-0.4, -0.2) is 22.4 Å². The van der Waals surface area contributed by atoms with Crippen molar-refractivity contribution in [1.29, 1.82) is 0 Å². The second kappa shape index (κ2) is 4.80. The van der Waals surface area contributed by atoms with Gasteiger partial charge in [0.1, 0.15) is 0 Å². The number of hydrogen-bond donors (Lipinski definition) is 1. The number of nitrogens with zero attached hydrogens (tertiary/aromatic N) is 2. The van der Waals surface area contributed by atoms with E-state index < -0.39 is 0 Å². The zero-order valence-electron chi connectivity index (χ0n) is 8.25. The van der Waals surface area contributed by atoms with Crippen molar-refractivity contribution in [1.82, 2.24) is 15.1 Å². The van der Waals surface area contributed by atoms with Crippen molar-refractivity contribution < 1.29 is 0 Å². The molecule has 4 heteroatoms. The summed E-state index contributed by atoms with van der Waals surface area (Å²) < 4.78 is 1.88. The molecule has 0 atom stereocenters. The van der Waals surface area contributed by atoms with Crippen molar-refractivity contribution in [3.05, 3.63) is 17.4 Å². The van der Waals surface area contributed by atoms with Gasteiger partial charge < -0.3 is 5.32 Å². The summed E-state index contributed by atoms with van der Waals surface area (Å²) in [6.07, 6.45) is 8.96. The molecular formula is C10H16ClN3. The minimum Gasteiger partial charge on any atom is -0.312 e. The Balaban J connectivity index is 1.67. The molecule has 0 unspecified atom stereocenters. The molecule has 0 bridgehead atoms. The zero-order chi connectivity index (χ0) is 9.80. The highest BCUT2D eigenvalue weighted by Gasteiger charge is 2.13. The maximum atomic E-state index is 5.76. The van der Waals surface area contributed by atoms with Gasteiger partial charge in [0, 0.05) is 18.8 Å². The maximum absolute atomic E-state index is 5.76. The highest BCUT2D eigenvalue weighted by molar-refractivity contribution is 6.30. The van der Waals surface area contributed by atoms with Crippen LogP contribution in [0.3, 0.4) is 0 Å². The molecule has 1 aliphatic rings. The Bertz CT molecular complexity index is 279. The van der Waals surface area contributed by atoms with Crippen LogP contribution in [0.1, 0.15) is 25.7 Å². The van der Waals surface area contributed by atoms with Gasteiger partial charge in [-0.25, -0.2) is 0 Å². The lowest BCUT2D eigenvalue weighted by Gasteiger charge is -2.11. The molecule has 1 N–H and O–H groups in total. The normalized spacial score (nSPS) is 17.8. The van der Waals surface area contributed by atoms with Crippen molar-refractivity contribution in [2.24, 2.45) is 0 Å². The van der Waals surface area contributed by atoms with Gasteiger partial charge in [-0.3, -0.25) is 4.68 Å². The number of nitrogens with one attached hydrogen (secondary N) is 1. The Kier molecular flexibility index (Phi) is 3.43. The fourth-order valence-electron chi connectivity index (χ4n) is 1.97. The smallest absolute Gasteiger partial charge is 0.0785 e. The van der Waals surface area contributed by atoms with E-state index in [-0.39, 0.29) is 0 Å². The Morgan fingerprint density at radius 1 is 1.50 bits per heavy atom. The second-order valence-corrected chi connectivity index (χ2v) is 4.29. The lowest BCUT2D eigenvalue weighted by atomic mass is 10.2. The van der Waals surface area contributed by atoms with E-state index >= 15 is 0 Å². The van der Waals surface area contributed by atoms with Crippen molar-refractivity contribution in [2.75, 3.05) is 6.54 Å². The molecule has 1 heterocycles. The van der Waals surface area contributed by atoms with Gasteiger partial charge in [0.25, 0.3) is 0 Å². The van der Waals surface area contributed by atoms with E-state index in [1.807, 2.05) is 10.9 Å². The summed E-state index contributed by atoms with van der Waals surface area (Å²) in [4.78, 5) is 0. The molecule has 0 amide bonds. The molecule has 1 fully saturated rings. The van der Waals surface area contributed by atoms with Gasteiger partial charge in [-0.05, 0) is 12.8 Å². The summed E-state index contributed by atoms with van der Waals surface area (Å²) >= 11 is 5.76. The van der Waals surface area contributed by atoms with Crippen LogP contribution in [0.5, 0.6) is 0 Å². The quantitative estimate of drug-likeness (QED) is 0.830. The molecule has 2 rings (SSSR count). The Morgan fingerprint density at radius 2 is 2.29 bits per heavy atom. The van der Waals surface area contributed by atoms with Gasteiger partial charge in [0.15, 0.2) is 0 Å². The standard InChI is InChI=1S/C10H16ClN3/c11-9-7-13-14(8-9)6-5-12-10-3-1-2-4-10/h7-8,10,12H,1-6H2. The average Bonchev–Trinajstić information content (AvgIpc) is 2.77. The molecule has 1 aromatic rings. The predicted molar refractivity (Wildman–Crippen MR) is 57.5 cm³/mol. The van der Waals surface area contributed by atoms with E-state index in [9.17, 15) is 0 Å². The Hall–Kier alpha value is -0.540. The topological polar surface area (TPSA) is 29.9 Å². The fraction of sp³-hybridized carbons (Fsp3) is 0.700. The van der Waals surface area contributed by atoms with E-state index in [1.165, 1.54) is 25.7 Å². The van der Waals surface area contributed by atoms with Crippen LogP contribution in [0, 0.1) is 0 Å². The fourth-order valence-corrected chi connectivity index (χ4v) is 2.13. The van der Waals surface area contributed by atoms with E-state index in [0.29, 0.717) is 5.02 Å². The van der Waals surface area contributed by atoms with E-state index in [0.717, 1.165) is 19.1 Å². The van der Waals surface area contributed by atoms with Crippen molar-refractivity contribution in [3.8, 4) is 0 Å². The molecule has 78 valence electrons. The van der Waals surface area contributed by atoms with Crippen molar-refractivity contribution in [2.45, 2.75) is 38.3 Å². The van der Waals surface area contributed by atoms with Crippen LogP contribution in [0.25, 0.3) is 0 Å². The lowest BCUT2D eigenvalue weighted by Crippen LogP contribution is -2.29. The second-order valence-electron chi connectivity index (χ2n) is 3.86. The van der Waals surface area contributed by atoms with Gasteiger partial charge >= 0.3 is 0 Å². The highest BCUT2D eigenvalue weighted by Crippen LogP contribution is 2.17. The van der Waals surface area contributed by atoms with E-state index in [2.05, 4.69) is 10.4 Å². The number of rotatable bonds is 4. The SMILES string of the molecule is Clc1cnn(CCNC2CCCC2)c1. The van der Waals surface area contributed by atoms with Gasteiger partial charge in [-0.15, -0.1) is 0 Å². The first-order valence-electron chi connectivity index (χ1n) is 5.26. The summed E-state index contributed by atoms with van der Waals surface area (Å²) in [6.45, 7) is 1.89. The van der Waals surface area contributed by atoms with Gasteiger partial charge in [-0.2, -0.15) is 5.10 Å². The van der Waals surface area contributed by atoms with Crippen LogP contribution < -0.4 is 5.32 Å². The first-order valence-corrected chi connectivity index (χ1v) is 5.64. The molecule has 1 aromatic heterocycles. The monoisotopic (exact) mass is 213 g/mol. The number of halogens is 1. The number of aromatic nitrogens is 2. The summed E-state index contributed by atoms with van der Waals surface area (Å²) in [7, 11) is 0. The van der Waals surface area contributed by atoms with Gasteiger partial charge in [0.2, 0.25) is 0 Å². The summed E-state index contributed by atoms with van der Waals surface area (Å²) in [6, 6.07) is 0.737. The van der Waals surface area contributed by atoms with Crippen LogP contribution in [-0.2, 0) is 6.54 Å². The molecule has 3 nitrogen and oxygen atoms in total. The average molecular weight is 214 g/mol. The molecular weight excluding hydrogens is 198 g/mol. The molecule has 0 radical (unpaired) electrons. The zero-order valence-corrected chi connectivity index (χ0v) is 9.00. The largest absolute Gasteiger partial charge is 0.312 e. The number of hydrogen-bond acceptors (Lipinski definition) is 2. The van der Waals surface area contributed by atoms with Gasteiger partial charge in [-0.1, -0.05) is 24.4 Å². The van der Waals surface area contributed by atoms with E-state index in [1.54, 1.807) is 6.20 Å². The minimum atomic E-state index is 0.714. The highest BCUT2D eigenvalue weighted by atomic mass is 35.5. The molecule has 1 saturated carbocycles. The molecule has 14 heavy (non-hydrogen) atoms. The van der Waals surface area contributed by atoms with Crippen LogP contribution >= 0.6 is 11.6 Å². The third-order valence-corrected chi connectivity index (χ3v) is 2.93. The maximum Gasteiger partial charge on any atom is 0.0785 e.